The fraction of sp³-hybridized carbons (Fsp3) is 0.200. The number of aromatic nitrogens is 2. The number of fused-ring (bicyclic) bond motifs is 1. The van der Waals surface area contributed by atoms with Gasteiger partial charge in [0.1, 0.15) is 0 Å². The quantitative estimate of drug-likeness (QED) is 0.750. The van der Waals surface area contributed by atoms with Crippen LogP contribution >= 0.6 is 15.9 Å². The highest BCUT2D eigenvalue weighted by molar-refractivity contribution is 9.09. The zero-order valence-electron chi connectivity index (χ0n) is 7.07. The van der Waals surface area contributed by atoms with Gasteiger partial charge in [0.25, 0.3) is 0 Å². The standard InChI is InChI=1S/C10H9BrN2/c11-5-3-8-4-7-12-9-2-1-6-13-10(8)9/h1-2,4,6-7H,3,5H2. The molecule has 66 valence electrons. The first kappa shape index (κ1) is 8.63. The van der Waals surface area contributed by atoms with Gasteiger partial charge < -0.3 is 0 Å². The fourth-order valence-electron chi connectivity index (χ4n) is 1.34. The van der Waals surface area contributed by atoms with Crippen LogP contribution in [0.15, 0.2) is 30.6 Å². The average molecular weight is 237 g/mol. The van der Waals surface area contributed by atoms with Gasteiger partial charge in [-0.2, -0.15) is 0 Å². The number of halogens is 1. The van der Waals surface area contributed by atoms with Crippen LogP contribution in [0.3, 0.4) is 0 Å². The Bertz CT molecular complexity index is 409. The maximum Gasteiger partial charge on any atom is 0.0918 e. The molecule has 0 bridgehead atoms. The number of nitrogens with zero attached hydrogens (tertiary/aromatic N) is 2. The van der Waals surface area contributed by atoms with Gasteiger partial charge in [0.05, 0.1) is 11.0 Å². The summed E-state index contributed by atoms with van der Waals surface area (Å²) in [5.74, 6) is 0. The van der Waals surface area contributed by atoms with E-state index in [1.54, 1.807) is 0 Å². The van der Waals surface area contributed by atoms with Crippen molar-refractivity contribution < 1.29 is 0 Å². The highest BCUT2D eigenvalue weighted by Crippen LogP contribution is 2.14. The molecule has 0 N–H and O–H groups in total. The normalized spacial score (nSPS) is 10.5. The third-order valence-corrected chi connectivity index (χ3v) is 2.34. The van der Waals surface area contributed by atoms with Crippen LogP contribution in [0.1, 0.15) is 5.56 Å². The summed E-state index contributed by atoms with van der Waals surface area (Å²) in [6.07, 6.45) is 4.64. The van der Waals surface area contributed by atoms with Crippen LogP contribution in [0.2, 0.25) is 0 Å². The molecule has 2 heterocycles. The van der Waals surface area contributed by atoms with Crippen molar-refractivity contribution in [3.8, 4) is 0 Å². The molecule has 0 aromatic carbocycles. The van der Waals surface area contributed by atoms with Crippen LogP contribution in [-0.2, 0) is 6.42 Å². The topological polar surface area (TPSA) is 25.8 Å². The first-order valence-electron chi connectivity index (χ1n) is 4.16. The van der Waals surface area contributed by atoms with Gasteiger partial charge in [0.2, 0.25) is 0 Å². The Labute approximate surface area is 85.1 Å². The van der Waals surface area contributed by atoms with Crippen molar-refractivity contribution in [2.45, 2.75) is 6.42 Å². The Morgan fingerprint density at radius 1 is 1.15 bits per heavy atom. The monoisotopic (exact) mass is 236 g/mol. The van der Waals surface area contributed by atoms with E-state index < -0.39 is 0 Å². The van der Waals surface area contributed by atoms with E-state index in [0.717, 1.165) is 22.8 Å². The number of rotatable bonds is 2. The van der Waals surface area contributed by atoms with E-state index in [1.807, 2.05) is 30.6 Å². The first-order chi connectivity index (χ1) is 6.42. The van der Waals surface area contributed by atoms with Crippen LogP contribution < -0.4 is 0 Å². The maximum atomic E-state index is 4.32. The van der Waals surface area contributed by atoms with Gasteiger partial charge in [-0.3, -0.25) is 9.97 Å². The van der Waals surface area contributed by atoms with Crippen molar-refractivity contribution in [2.75, 3.05) is 5.33 Å². The molecule has 0 unspecified atom stereocenters. The Balaban J connectivity index is 2.61. The molecule has 0 fully saturated rings. The smallest absolute Gasteiger partial charge is 0.0918 e. The minimum atomic E-state index is 0.961. The van der Waals surface area contributed by atoms with E-state index in [1.165, 1.54) is 5.56 Å². The summed E-state index contributed by atoms with van der Waals surface area (Å²) in [5.41, 5.74) is 3.24. The summed E-state index contributed by atoms with van der Waals surface area (Å²) in [6.45, 7) is 0. The van der Waals surface area contributed by atoms with E-state index in [0.29, 0.717) is 0 Å². The lowest BCUT2D eigenvalue weighted by Crippen LogP contribution is -1.91. The van der Waals surface area contributed by atoms with Gasteiger partial charge >= 0.3 is 0 Å². The summed E-state index contributed by atoms with van der Waals surface area (Å²) < 4.78 is 0. The van der Waals surface area contributed by atoms with Gasteiger partial charge in [-0.1, -0.05) is 15.9 Å². The minimum Gasteiger partial charge on any atom is -0.255 e. The lowest BCUT2D eigenvalue weighted by Gasteiger charge is -2.01. The molecule has 2 aromatic rings. The molecule has 0 amide bonds. The molecule has 2 nitrogen and oxygen atoms in total. The second-order valence-electron chi connectivity index (χ2n) is 2.78. The molecule has 0 spiro atoms. The van der Waals surface area contributed by atoms with Crippen LogP contribution in [0, 0.1) is 0 Å². The average Bonchev–Trinajstić information content (AvgIpc) is 2.19. The van der Waals surface area contributed by atoms with Gasteiger partial charge in [0.15, 0.2) is 0 Å². The van der Waals surface area contributed by atoms with Crippen LogP contribution in [0.5, 0.6) is 0 Å². The Kier molecular flexibility index (Phi) is 2.54. The molecule has 0 atom stereocenters. The second kappa shape index (κ2) is 3.83. The molecule has 0 saturated carbocycles. The van der Waals surface area contributed by atoms with Crippen LogP contribution in [-0.4, -0.2) is 15.3 Å². The zero-order valence-corrected chi connectivity index (χ0v) is 8.66. The van der Waals surface area contributed by atoms with E-state index in [9.17, 15) is 0 Å². The molecule has 0 aliphatic carbocycles. The van der Waals surface area contributed by atoms with Crippen molar-refractivity contribution in [3.05, 3.63) is 36.2 Å². The van der Waals surface area contributed by atoms with Crippen molar-refractivity contribution >= 4 is 27.0 Å². The fourth-order valence-corrected chi connectivity index (χ4v) is 1.77. The largest absolute Gasteiger partial charge is 0.255 e. The highest BCUT2D eigenvalue weighted by Gasteiger charge is 2.00. The van der Waals surface area contributed by atoms with E-state index in [4.69, 9.17) is 0 Å². The van der Waals surface area contributed by atoms with Crippen LogP contribution in [0.4, 0.5) is 0 Å². The summed E-state index contributed by atoms with van der Waals surface area (Å²) in [6, 6.07) is 5.92. The third-order valence-electron chi connectivity index (χ3n) is 1.94. The number of alkyl halides is 1. The van der Waals surface area contributed by atoms with Crippen molar-refractivity contribution in [2.24, 2.45) is 0 Å². The SMILES string of the molecule is BrCCc1ccnc2cccnc12. The lowest BCUT2D eigenvalue weighted by molar-refractivity contribution is 1.15. The minimum absolute atomic E-state index is 0.961. The summed E-state index contributed by atoms with van der Waals surface area (Å²) in [7, 11) is 0. The number of hydrogen-bond acceptors (Lipinski definition) is 2. The molecule has 2 rings (SSSR count). The molecule has 0 aliphatic rings. The first-order valence-corrected chi connectivity index (χ1v) is 5.28. The number of aryl methyl sites for hydroxylation is 1. The van der Waals surface area contributed by atoms with Gasteiger partial charge in [-0.25, -0.2) is 0 Å². The Morgan fingerprint density at radius 2 is 2.08 bits per heavy atom. The third kappa shape index (κ3) is 1.70. The van der Waals surface area contributed by atoms with Gasteiger partial charge in [-0.15, -0.1) is 0 Å². The Hall–Kier alpha value is -0.960. The van der Waals surface area contributed by atoms with Crippen molar-refractivity contribution in [1.82, 2.24) is 9.97 Å². The predicted molar refractivity (Wildman–Crippen MR) is 57.0 cm³/mol. The summed E-state index contributed by atoms with van der Waals surface area (Å²) in [5, 5.41) is 0.961. The van der Waals surface area contributed by atoms with E-state index in [-0.39, 0.29) is 0 Å². The molecular weight excluding hydrogens is 228 g/mol. The highest BCUT2D eigenvalue weighted by atomic mass is 79.9. The zero-order chi connectivity index (χ0) is 9.10. The molecule has 0 aliphatic heterocycles. The molecule has 0 radical (unpaired) electrons. The van der Waals surface area contributed by atoms with Gasteiger partial charge in [-0.05, 0) is 30.2 Å². The summed E-state index contributed by atoms with van der Waals surface area (Å²) >= 11 is 3.42. The molecule has 3 heteroatoms. The molecule has 13 heavy (non-hydrogen) atoms. The Morgan fingerprint density at radius 3 is 2.92 bits per heavy atom. The summed E-state index contributed by atoms with van der Waals surface area (Å²) in [4.78, 5) is 8.56. The van der Waals surface area contributed by atoms with Crippen molar-refractivity contribution in [1.29, 1.82) is 0 Å². The predicted octanol–water partition coefficient (Wildman–Crippen LogP) is 2.57. The molecular formula is C10H9BrN2. The van der Waals surface area contributed by atoms with E-state index >= 15 is 0 Å². The van der Waals surface area contributed by atoms with Gasteiger partial charge in [0, 0.05) is 17.7 Å². The van der Waals surface area contributed by atoms with Crippen molar-refractivity contribution in [3.63, 3.8) is 0 Å². The molecule has 2 aromatic heterocycles. The van der Waals surface area contributed by atoms with Crippen LogP contribution in [0.25, 0.3) is 11.0 Å². The maximum absolute atomic E-state index is 4.32. The lowest BCUT2D eigenvalue weighted by atomic mass is 10.1. The second-order valence-corrected chi connectivity index (χ2v) is 3.57. The molecule has 0 saturated heterocycles. The number of hydrogen-bond donors (Lipinski definition) is 0. The number of pyridine rings is 2. The van der Waals surface area contributed by atoms with E-state index in [2.05, 4.69) is 25.9 Å².